The molecule has 0 spiro atoms. The molecular formula is C14H25. The highest BCUT2D eigenvalue weighted by molar-refractivity contribution is 4.90. The summed E-state index contributed by atoms with van der Waals surface area (Å²) in [4.78, 5) is 0. The molecule has 3 atom stereocenters. The lowest BCUT2D eigenvalue weighted by atomic mass is 9.64. The van der Waals surface area contributed by atoms with Crippen molar-refractivity contribution in [2.24, 2.45) is 17.8 Å². The second-order valence-corrected chi connectivity index (χ2v) is 5.81. The predicted molar refractivity (Wildman–Crippen MR) is 62.0 cm³/mol. The average Bonchev–Trinajstić information content (AvgIpc) is 2.18. The molecule has 0 aliphatic heterocycles. The fourth-order valence-corrected chi connectivity index (χ4v) is 3.85. The summed E-state index contributed by atoms with van der Waals surface area (Å²) in [6, 6.07) is 0. The van der Waals surface area contributed by atoms with Gasteiger partial charge in [0.1, 0.15) is 0 Å². The van der Waals surface area contributed by atoms with E-state index in [4.69, 9.17) is 0 Å². The van der Waals surface area contributed by atoms with Gasteiger partial charge in [-0.25, -0.2) is 0 Å². The van der Waals surface area contributed by atoms with E-state index < -0.39 is 0 Å². The summed E-state index contributed by atoms with van der Waals surface area (Å²) in [6.45, 7) is 4.62. The van der Waals surface area contributed by atoms with Crippen molar-refractivity contribution in [1.29, 1.82) is 0 Å². The fraction of sp³-hybridized carbons (Fsp3) is 0.929. The number of hydrogen-bond acceptors (Lipinski definition) is 0. The summed E-state index contributed by atoms with van der Waals surface area (Å²) in [7, 11) is 0. The third-order valence-corrected chi connectivity index (χ3v) is 4.39. The van der Waals surface area contributed by atoms with Gasteiger partial charge in [-0.2, -0.15) is 0 Å². The van der Waals surface area contributed by atoms with E-state index >= 15 is 0 Å². The molecular weight excluding hydrogens is 168 g/mol. The molecule has 0 N–H and O–H groups in total. The van der Waals surface area contributed by atoms with E-state index in [9.17, 15) is 0 Å². The van der Waals surface area contributed by atoms with Crippen molar-refractivity contribution in [3.8, 4) is 0 Å². The van der Waals surface area contributed by atoms with Crippen LogP contribution in [0.4, 0.5) is 0 Å². The Morgan fingerprint density at radius 3 is 2.43 bits per heavy atom. The minimum absolute atomic E-state index is 1.05. The lowest BCUT2D eigenvalue weighted by Gasteiger charge is -2.42. The summed E-state index contributed by atoms with van der Waals surface area (Å²) >= 11 is 0. The molecule has 2 rings (SSSR count). The molecule has 1 radical (unpaired) electrons. The van der Waals surface area contributed by atoms with Crippen LogP contribution < -0.4 is 0 Å². The quantitative estimate of drug-likeness (QED) is 0.601. The Hall–Kier alpha value is 0. The fourth-order valence-electron chi connectivity index (χ4n) is 3.85. The van der Waals surface area contributed by atoms with Crippen molar-refractivity contribution >= 4 is 0 Å². The molecule has 0 amide bonds. The van der Waals surface area contributed by atoms with Crippen LogP contribution in [0.1, 0.15) is 65.2 Å². The van der Waals surface area contributed by atoms with Crippen LogP contribution in [0.25, 0.3) is 0 Å². The molecule has 2 saturated carbocycles. The van der Waals surface area contributed by atoms with E-state index in [0.717, 1.165) is 17.8 Å². The molecule has 0 heterocycles. The van der Waals surface area contributed by atoms with Gasteiger partial charge in [0.05, 0.1) is 0 Å². The molecule has 2 fully saturated rings. The Kier molecular flexibility index (Phi) is 3.52. The van der Waals surface area contributed by atoms with Crippen LogP contribution >= 0.6 is 0 Å². The minimum Gasteiger partial charge on any atom is -0.0594 e. The van der Waals surface area contributed by atoms with E-state index in [2.05, 4.69) is 13.8 Å². The van der Waals surface area contributed by atoms with Crippen LogP contribution in [-0.2, 0) is 0 Å². The smallest absolute Gasteiger partial charge is 0.0300 e. The molecule has 81 valence electrons. The topological polar surface area (TPSA) is 0 Å². The Balaban J connectivity index is 1.94. The summed E-state index contributed by atoms with van der Waals surface area (Å²) < 4.78 is 0. The highest BCUT2D eigenvalue weighted by atomic mass is 14.4. The first-order valence-electron chi connectivity index (χ1n) is 6.56. The van der Waals surface area contributed by atoms with Crippen LogP contribution in [0.15, 0.2) is 0 Å². The maximum atomic E-state index is 2.31. The van der Waals surface area contributed by atoms with E-state index in [-0.39, 0.29) is 0 Å². The zero-order valence-corrected chi connectivity index (χ0v) is 9.89. The van der Waals surface area contributed by atoms with Gasteiger partial charge in [0.25, 0.3) is 0 Å². The van der Waals surface area contributed by atoms with Crippen molar-refractivity contribution in [2.45, 2.75) is 65.2 Å². The molecule has 0 aromatic rings. The third-order valence-electron chi connectivity index (χ3n) is 4.39. The Labute approximate surface area is 89.5 Å². The maximum absolute atomic E-state index is 2.31. The molecule has 0 heteroatoms. The first-order chi connectivity index (χ1) is 6.77. The molecule has 3 unspecified atom stereocenters. The van der Waals surface area contributed by atoms with E-state index in [0.29, 0.717) is 0 Å². The molecule has 0 aromatic heterocycles. The Morgan fingerprint density at radius 2 is 1.64 bits per heavy atom. The van der Waals surface area contributed by atoms with Gasteiger partial charge >= 0.3 is 0 Å². The SMILES string of the molecule is C[C](C)CC1CCCC2CCCCC21. The number of rotatable bonds is 2. The van der Waals surface area contributed by atoms with Gasteiger partial charge in [-0.1, -0.05) is 52.4 Å². The Morgan fingerprint density at radius 1 is 0.929 bits per heavy atom. The highest BCUT2D eigenvalue weighted by Gasteiger charge is 2.34. The van der Waals surface area contributed by atoms with Gasteiger partial charge < -0.3 is 0 Å². The maximum Gasteiger partial charge on any atom is -0.0300 e. The van der Waals surface area contributed by atoms with Gasteiger partial charge in [0.2, 0.25) is 0 Å². The van der Waals surface area contributed by atoms with Crippen molar-refractivity contribution in [3.63, 3.8) is 0 Å². The number of fused-ring (bicyclic) bond motifs is 1. The minimum atomic E-state index is 1.05. The van der Waals surface area contributed by atoms with Crippen LogP contribution in [0, 0.1) is 23.7 Å². The van der Waals surface area contributed by atoms with Gasteiger partial charge in [0, 0.05) is 0 Å². The standard InChI is InChI=1S/C14H25/c1-11(2)10-13-8-5-7-12-6-3-4-9-14(12)13/h12-14H,3-10H2,1-2H3. The van der Waals surface area contributed by atoms with Gasteiger partial charge in [-0.05, 0) is 36.5 Å². The van der Waals surface area contributed by atoms with Gasteiger partial charge in [0.15, 0.2) is 0 Å². The van der Waals surface area contributed by atoms with Crippen LogP contribution in [0.2, 0.25) is 0 Å². The zero-order chi connectivity index (χ0) is 9.97. The van der Waals surface area contributed by atoms with E-state index in [1.54, 1.807) is 25.2 Å². The third kappa shape index (κ3) is 2.32. The normalized spacial score (nSPS) is 38.4. The summed E-state index contributed by atoms with van der Waals surface area (Å²) in [5.74, 6) is 4.93. The number of hydrogen-bond donors (Lipinski definition) is 0. The van der Waals surface area contributed by atoms with Crippen molar-refractivity contribution in [1.82, 2.24) is 0 Å². The van der Waals surface area contributed by atoms with Gasteiger partial charge in [-0.3, -0.25) is 0 Å². The molecule has 0 bridgehead atoms. The van der Waals surface area contributed by atoms with Crippen LogP contribution in [-0.4, -0.2) is 0 Å². The first kappa shape index (κ1) is 10.5. The monoisotopic (exact) mass is 193 g/mol. The second kappa shape index (κ2) is 4.68. The molecule has 0 nitrogen and oxygen atoms in total. The molecule has 0 saturated heterocycles. The first-order valence-corrected chi connectivity index (χ1v) is 6.56. The zero-order valence-electron chi connectivity index (χ0n) is 9.89. The lowest BCUT2D eigenvalue weighted by Crippen LogP contribution is -2.31. The largest absolute Gasteiger partial charge is 0.0594 e. The average molecular weight is 193 g/mol. The summed E-state index contributed by atoms with van der Waals surface area (Å²) in [5.41, 5.74) is 0. The van der Waals surface area contributed by atoms with Crippen LogP contribution in [0.3, 0.4) is 0 Å². The highest BCUT2D eigenvalue weighted by Crippen LogP contribution is 2.45. The van der Waals surface area contributed by atoms with Crippen LogP contribution in [0.5, 0.6) is 0 Å². The van der Waals surface area contributed by atoms with Crippen molar-refractivity contribution in [2.75, 3.05) is 0 Å². The van der Waals surface area contributed by atoms with Crippen molar-refractivity contribution in [3.05, 3.63) is 5.92 Å². The second-order valence-electron chi connectivity index (χ2n) is 5.81. The van der Waals surface area contributed by atoms with Crippen molar-refractivity contribution < 1.29 is 0 Å². The van der Waals surface area contributed by atoms with Gasteiger partial charge in [-0.15, -0.1) is 0 Å². The predicted octanol–water partition coefficient (Wildman–Crippen LogP) is 4.60. The molecule has 0 aromatic carbocycles. The summed E-state index contributed by atoms with van der Waals surface area (Å²) in [5, 5.41) is 0. The molecule has 2 aliphatic rings. The lowest BCUT2D eigenvalue weighted by molar-refractivity contribution is 0.100. The Bertz CT molecular complexity index is 169. The van der Waals surface area contributed by atoms with E-state index in [1.165, 1.54) is 32.1 Å². The molecule has 14 heavy (non-hydrogen) atoms. The van der Waals surface area contributed by atoms with E-state index in [1.807, 2.05) is 0 Å². The summed E-state index contributed by atoms with van der Waals surface area (Å²) in [6.07, 6.45) is 12.1. The molecule has 2 aliphatic carbocycles.